The van der Waals surface area contributed by atoms with E-state index in [9.17, 15) is 29.1 Å². The molecule has 3 fully saturated rings. The van der Waals surface area contributed by atoms with Gasteiger partial charge in [0.1, 0.15) is 18.0 Å². The first-order chi connectivity index (χ1) is 25.3. The number of rotatable bonds is 6. The molecule has 3 aromatic rings. The Labute approximate surface area is 310 Å². The number of allylic oxidation sites excluding steroid dienone is 2. The SMILES string of the molecule is CC(C)(C)OC(=O)C[C@H]1CCCCC/C=C\[C@@H]2C[C@@]2(C(=O)O)CC(=O)[C@@H]2[C@H]3CN(C(=O)Cn4c(-c5ccccc5)nc5ccccc54)C[C@H]3CN2C1=O. The topological polar surface area (TPSA) is 139 Å². The molecular formula is C42H50N4O7. The smallest absolute Gasteiger partial charge is 0.310 e. The molecule has 1 saturated carbocycles. The van der Waals surface area contributed by atoms with Gasteiger partial charge in [0.25, 0.3) is 0 Å². The number of carbonyl (C=O) groups is 5. The van der Waals surface area contributed by atoms with Crippen LogP contribution >= 0.6 is 0 Å². The highest BCUT2D eigenvalue weighted by Crippen LogP contribution is 2.57. The Morgan fingerprint density at radius 3 is 2.47 bits per heavy atom. The Hall–Kier alpha value is -4.80. The third-order valence-electron chi connectivity index (χ3n) is 11.6. The van der Waals surface area contributed by atoms with Crippen LogP contribution in [0.1, 0.15) is 72.1 Å². The number of ether oxygens (including phenoxy) is 1. The fourth-order valence-corrected chi connectivity index (χ4v) is 8.91. The summed E-state index contributed by atoms with van der Waals surface area (Å²) in [5.74, 6) is -2.82. The van der Waals surface area contributed by atoms with Crippen LogP contribution in [-0.2, 0) is 35.3 Å². The number of carbonyl (C=O) groups excluding carboxylic acids is 4. The van der Waals surface area contributed by atoms with Crippen LogP contribution in [0.4, 0.5) is 0 Å². The first-order valence-corrected chi connectivity index (χ1v) is 19.1. The van der Waals surface area contributed by atoms with Crippen LogP contribution in [0.3, 0.4) is 0 Å². The lowest BCUT2D eigenvalue weighted by molar-refractivity contribution is -0.159. The molecule has 4 aliphatic rings. The molecule has 11 nitrogen and oxygen atoms in total. The third-order valence-corrected chi connectivity index (χ3v) is 11.6. The number of hydrogen-bond donors (Lipinski definition) is 1. The number of amides is 2. The van der Waals surface area contributed by atoms with Gasteiger partial charge in [-0.2, -0.15) is 0 Å². The average Bonchev–Trinajstić information content (AvgIpc) is 3.36. The maximum Gasteiger partial charge on any atom is 0.310 e. The van der Waals surface area contributed by atoms with E-state index in [0.29, 0.717) is 25.2 Å². The molecule has 3 aliphatic heterocycles. The number of Topliss-reactive ketones (excluding diaryl/α,β-unsaturated/α-hetero) is 1. The number of aliphatic carboxylic acids is 1. The van der Waals surface area contributed by atoms with Crippen molar-refractivity contribution < 1.29 is 33.8 Å². The lowest BCUT2D eigenvalue weighted by atomic mass is 9.85. The van der Waals surface area contributed by atoms with E-state index in [4.69, 9.17) is 9.72 Å². The molecule has 2 saturated heterocycles. The molecule has 280 valence electrons. The van der Waals surface area contributed by atoms with E-state index in [1.54, 1.807) is 30.6 Å². The van der Waals surface area contributed by atoms with E-state index in [2.05, 4.69) is 0 Å². The van der Waals surface area contributed by atoms with Crippen molar-refractivity contribution in [1.29, 1.82) is 0 Å². The summed E-state index contributed by atoms with van der Waals surface area (Å²) in [4.78, 5) is 77.2. The number of benzene rings is 2. The maximum absolute atomic E-state index is 14.5. The summed E-state index contributed by atoms with van der Waals surface area (Å²) in [5.41, 5.74) is 0.625. The van der Waals surface area contributed by atoms with Crippen molar-refractivity contribution in [3.8, 4) is 11.4 Å². The van der Waals surface area contributed by atoms with Crippen LogP contribution in [0.15, 0.2) is 66.7 Å². The van der Waals surface area contributed by atoms with Crippen molar-refractivity contribution in [3.63, 3.8) is 0 Å². The summed E-state index contributed by atoms with van der Waals surface area (Å²) in [6.45, 7) is 6.35. The van der Waals surface area contributed by atoms with Crippen LogP contribution in [-0.4, -0.2) is 85.3 Å². The van der Waals surface area contributed by atoms with Crippen molar-refractivity contribution in [2.45, 2.75) is 90.3 Å². The average molecular weight is 723 g/mol. The predicted octanol–water partition coefficient (Wildman–Crippen LogP) is 5.91. The second kappa shape index (κ2) is 14.6. The van der Waals surface area contributed by atoms with Crippen LogP contribution in [0, 0.1) is 29.1 Å². The van der Waals surface area contributed by atoms with Gasteiger partial charge in [0.15, 0.2) is 5.78 Å². The summed E-state index contributed by atoms with van der Waals surface area (Å²) < 4.78 is 7.56. The first-order valence-electron chi connectivity index (χ1n) is 19.1. The molecule has 0 unspecified atom stereocenters. The number of esters is 1. The van der Waals surface area contributed by atoms with E-state index in [1.807, 2.05) is 71.3 Å². The molecule has 6 atom stereocenters. The highest BCUT2D eigenvalue weighted by Gasteiger charge is 2.62. The van der Waals surface area contributed by atoms with Crippen LogP contribution in [0.5, 0.6) is 0 Å². The summed E-state index contributed by atoms with van der Waals surface area (Å²) in [5, 5.41) is 10.4. The summed E-state index contributed by atoms with van der Waals surface area (Å²) in [6.07, 6.45) is 7.85. The Balaban J connectivity index is 1.16. The molecule has 1 aromatic heterocycles. The monoisotopic (exact) mass is 722 g/mol. The Bertz CT molecular complexity index is 1930. The molecule has 1 N–H and O–H groups in total. The van der Waals surface area contributed by atoms with Crippen molar-refractivity contribution >= 4 is 40.6 Å². The number of carboxylic acids is 1. The lowest BCUT2D eigenvalue weighted by Gasteiger charge is -2.32. The zero-order valence-corrected chi connectivity index (χ0v) is 30.9. The number of aromatic nitrogens is 2. The number of hydrogen-bond acceptors (Lipinski definition) is 7. The second-order valence-electron chi connectivity index (χ2n) is 16.5. The third kappa shape index (κ3) is 7.53. The van der Waals surface area contributed by atoms with Gasteiger partial charge in [-0.25, -0.2) is 4.98 Å². The van der Waals surface area contributed by atoms with Crippen molar-refractivity contribution in [2.75, 3.05) is 19.6 Å². The second-order valence-corrected chi connectivity index (χ2v) is 16.5. The normalized spacial score (nSPS) is 28.4. The van der Waals surface area contributed by atoms with Crippen LogP contribution in [0.25, 0.3) is 22.4 Å². The van der Waals surface area contributed by atoms with Gasteiger partial charge in [-0.1, -0.05) is 67.5 Å². The zero-order chi connectivity index (χ0) is 37.5. The van der Waals surface area contributed by atoms with E-state index >= 15 is 0 Å². The van der Waals surface area contributed by atoms with Crippen molar-refractivity contribution in [1.82, 2.24) is 19.4 Å². The number of carboxylic acid groups (broad SMARTS) is 1. The van der Waals surface area contributed by atoms with E-state index in [0.717, 1.165) is 42.3 Å². The maximum atomic E-state index is 14.5. The predicted molar refractivity (Wildman–Crippen MR) is 198 cm³/mol. The fraction of sp³-hybridized carbons (Fsp3) is 0.524. The minimum absolute atomic E-state index is 0.0551. The molecule has 0 radical (unpaired) electrons. The van der Waals surface area contributed by atoms with E-state index < -0.39 is 34.9 Å². The minimum atomic E-state index is -1.19. The Morgan fingerprint density at radius 2 is 1.72 bits per heavy atom. The molecule has 2 amide bonds. The molecule has 4 heterocycles. The Kier molecular flexibility index (Phi) is 10.0. The van der Waals surface area contributed by atoms with Crippen LogP contribution < -0.4 is 0 Å². The zero-order valence-electron chi connectivity index (χ0n) is 30.9. The number of para-hydroxylation sites is 2. The number of imidazole rings is 1. The van der Waals surface area contributed by atoms with Crippen molar-refractivity contribution in [2.24, 2.45) is 29.1 Å². The number of likely N-dealkylation sites (tertiary alicyclic amines) is 1. The highest BCUT2D eigenvalue weighted by molar-refractivity contribution is 5.96. The van der Waals surface area contributed by atoms with Gasteiger partial charge in [0.2, 0.25) is 11.8 Å². The quantitative estimate of drug-likeness (QED) is 0.245. The molecule has 0 spiro atoms. The highest BCUT2D eigenvalue weighted by atomic mass is 16.6. The van der Waals surface area contributed by atoms with Gasteiger partial charge in [-0.3, -0.25) is 24.0 Å². The fourth-order valence-electron chi connectivity index (χ4n) is 8.91. The number of ketones is 1. The summed E-state index contributed by atoms with van der Waals surface area (Å²) >= 11 is 0. The van der Waals surface area contributed by atoms with Gasteiger partial charge in [0, 0.05) is 49.4 Å². The molecule has 1 aliphatic carbocycles. The van der Waals surface area contributed by atoms with E-state index in [1.165, 1.54) is 0 Å². The van der Waals surface area contributed by atoms with E-state index in [-0.39, 0.29) is 67.8 Å². The standard InChI is InChI=1S/C42H50N4O7/c1-41(2,3)53-36(49)20-28-16-8-5-4-6-11-17-30-21-42(30,40(51)52)22-34(47)37-31-25-44(23-29(31)24-46(37)39(28)50)35(48)26-45-33-19-13-12-18-32(33)43-38(45)27-14-9-7-10-15-27/h7,9-15,17-19,28-31,37H,4-6,8,16,20-26H2,1-3H3,(H,51,52)/b17-11-/t28-,29+,30-,31+,37+,42-/m1/s1. The molecular weight excluding hydrogens is 672 g/mol. The van der Waals surface area contributed by atoms with Gasteiger partial charge in [-0.05, 0) is 64.5 Å². The first kappa shape index (κ1) is 36.6. The van der Waals surface area contributed by atoms with Crippen molar-refractivity contribution in [3.05, 3.63) is 66.7 Å². The molecule has 53 heavy (non-hydrogen) atoms. The van der Waals surface area contributed by atoms with Gasteiger partial charge in [0.05, 0.1) is 28.9 Å². The largest absolute Gasteiger partial charge is 0.481 e. The molecule has 0 bridgehead atoms. The van der Waals surface area contributed by atoms with Crippen LogP contribution in [0.2, 0.25) is 0 Å². The molecule has 7 rings (SSSR count). The van der Waals surface area contributed by atoms with Gasteiger partial charge < -0.3 is 24.2 Å². The van der Waals surface area contributed by atoms with Gasteiger partial charge in [-0.15, -0.1) is 0 Å². The van der Waals surface area contributed by atoms with Gasteiger partial charge >= 0.3 is 11.9 Å². The summed E-state index contributed by atoms with van der Waals surface area (Å²) in [7, 11) is 0. The number of fused-ring (bicyclic) bond motifs is 5. The molecule has 2 aromatic carbocycles. The lowest BCUT2D eigenvalue weighted by Crippen LogP contribution is -2.49. The number of nitrogens with zero attached hydrogens (tertiary/aromatic N) is 4. The Morgan fingerprint density at radius 1 is 0.962 bits per heavy atom. The molecule has 11 heteroatoms. The minimum Gasteiger partial charge on any atom is -0.481 e. The summed E-state index contributed by atoms with van der Waals surface area (Å²) in [6, 6.07) is 16.6.